The van der Waals surface area contributed by atoms with Gasteiger partial charge in [0.2, 0.25) is 5.13 Å². The lowest BCUT2D eigenvalue weighted by atomic mass is 9.96. The number of rotatable bonds is 10. The maximum Gasteiger partial charge on any atom is 0.321 e. The third-order valence-corrected chi connectivity index (χ3v) is 8.12. The summed E-state index contributed by atoms with van der Waals surface area (Å²) >= 11 is 1.50. The molecule has 4 rings (SSSR count). The van der Waals surface area contributed by atoms with Crippen LogP contribution in [0.5, 0.6) is 0 Å². The standard InChI is InChI=1S/C24H38N4OS/c1-2-7-19(9-4-3-8-17-12-13-20(16-17)18-14-15-18)22-27-28-24(30-22)26-23(29)25-21-10-5-6-11-21/h9,17-18,20-21H,2-8,10-16H2,1H3,(H2,25,26,28,29). The Morgan fingerprint density at radius 1 is 1.10 bits per heavy atom. The maximum absolute atomic E-state index is 12.2. The van der Waals surface area contributed by atoms with Crippen LogP contribution in [-0.2, 0) is 0 Å². The molecule has 6 heteroatoms. The first kappa shape index (κ1) is 21.8. The van der Waals surface area contributed by atoms with Gasteiger partial charge in [0.05, 0.1) is 0 Å². The number of anilines is 1. The molecule has 0 saturated heterocycles. The van der Waals surface area contributed by atoms with Crippen LogP contribution < -0.4 is 10.6 Å². The minimum atomic E-state index is -0.147. The molecule has 3 aliphatic rings. The number of hydrogen-bond acceptors (Lipinski definition) is 4. The molecule has 1 aromatic rings. The van der Waals surface area contributed by atoms with Crippen LogP contribution >= 0.6 is 11.3 Å². The van der Waals surface area contributed by atoms with E-state index in [1.807, 2.05) is 0 Å². The molecule has 0 radical (unpaired) electrons. The molecule has 3 fully saturated rings. The molecule has 2 unspecified atom stereocenters. The largest absolute Gasteiger partial charge is 0.335 e. The van der Waals surface area contributed by atoms with Crippen LogP contribution in [0.1, 0.15) is 102 Å². The molecule has 0 aliphatic heterocycles. The van der Waals surface area contributed by atoms with E-state index in [9.17, 15) is 4.79 Å². The van der Waals surface area contributed by atoms with Crippen molar-refractivity contribution in [2.45, 2.75) is 103 Å². The Morgan fingerprint density at radius 2 is 1.90 bits per heavy atom. The number of unbranched alkanes of at least 4 members (excludes halogenated alkanes) is 1. The highest BCUT2D eigenvalue weighted by Gasteiger charge is 2.36. The molecule has 1 aromatic heterocycles. The molecule has 2 atom stereocenters. The normalized spacial score (nSPS) is 25.0. The molecule has 3 saturated carbocycles. The van der Waals surface area contributed by atoms with Gasteiger partial charge in [-0.1, -0.05) is 56.4 Å². The van der Waals surface area contributed by atoms with Gasteiger partial charge in [0.15, 0.2) is 0 Å². The lowest BCUT2D eigenvalue weighted by Gasteiger charge is -2.11. The Hall–Kier alpha value is -1.43. The fraction of sp³-hybridized carbons (Fsp3) is 0.792. The van der Waals surface area contributed by atoms with Gasteiger partial charge in [0, 0.05) is 6.04 Å². The van der Waals surface area contributed by atoms with E-state index in [2.05, 4.69) is 33.8 Å². The summed E-state index contributed by atoms with van der Waals surface area (Å²) in [6.07, 6.45) is 20.3. The van der Waals surface area contributed by atoms with Crippen molar-refractivity contribution in [3.05, 3.63) is 11.1 Å². The smallest absolute Gasteiger partial charge is 0.321 e. The van der Waals surface area contributed by atoms with Crippen LogP contribution in [0.15, 0.2) is 6.08 Å². The topological polar surface area (TPSA) is 66.9 Å². The van der Waals surface area contributed by atoms with E-state index in [0.717, 1.165) is 54.9 Å². The highest BCUT2D eigenvalue weighted by atomic mass is 32.1. The molecule has 5 nitrogen and oxygen atoms in total. The van der Waals surface area contributed by atoms with Gasteiger partial charge in [-0.3, -0.25) is 5.32 Å². The van der Waals surface area contributed by atoms with E-state index in [-0.39, 0.29) is 6.03 Å². The van der Waals surface area contributed by atoms with E-state index >= 15 is 0 Å². The van der Waals surface area contributed by atoms with Gasteiger partial charge in [-0.2, -0.15) is 0 Å². The van der Waals surface area contributed by atoms with Gasteiger partial charge in [-0.15, -0.1) is 10.2 Å². The van der Waals surface area contributed by atoms with Crippen molar-refractivity contribution in [2.75, 3.05) is 5.32 Å². The molecule has 1 heterocycles. The first-order valence-corrected chi connectivity index (χ1v) is 13.1. The summed E-state index contributed by atoms with van der Waals surface area (Å²) in [5.41, 5.74) is 1.29. The lowest BCUT2D eigenvalue weighted by Crippen LogP contribution is -2.36. The third kappa shape index (κ3) is 6.29. The van der Waals surface area contributed by atoms with Gasteiger partial charge in [-0.25, -0.2) is 4.79 Å². The fourth-order valence-corrected chi connectivity index (χ4v) is 6.22. The monoisotopic (exact) mass is 430 g/mol. The summed E-state index contributed by atoms with van der Waals surface area (Å²) in [7, 11) is 0. The van der Waals surface area contributed by atoms with Crippen molar-refractivity contribution in [3.8, 4) is 0 Å². The molecule has 2 N–H and O–H groups in total. The van der Waals surface area contributed by atoms with Gasteiger partial charge in [0.1, 0.15) is 5.01 Å². The van der Waals surface area contributed by atoms with Crippen LogP contribution in [-0.4, -0.2) is 22.3 Å². The summed E-state index contributed by atoms with van der Waals surface area (Å²) < 4.78 is 0. The Bertz CT molecular complexity index is 721. The summed E-state index contributed by atoms with van der Waals surface area (Å²) in [4.78, 5) is 12.2. The van der Waals surface area contributed by atoms with E-state index in [0.29, 0.717) is 11.2 Å². The fourth-order valence-electron chi connectivity index (χ4n) is 5.41. The number of allylic oxidation sites excluding steroid dienone is 2. The summed E-state index contributed by atoms with van der Waals surface area (Å²) in [5.74, 6) is 3.11. The van der Waals surface area contributed by atoms with Crippen LogP contribution in [0, 0.1) is 17.8 Å². The van der Waals surface area contributed by atoms with Crippen LogP contribution in [0.25, 0.3) is 5.57 Å². The van der Waals surface area contributed by atoms with Gasteiger partial charge in [0.25, 0.3) is 0 Å². The van der Waals surface area contributed by atoms with Crippen LogP contribution in [0.2, 0.25) is 0 Å². The molecule has 0 spiro atoms. The van der Waals surface area contributed by atoms with Crippen molar-refractivity contribution in [1.29, 1.82) is 0 Å². The Balaban J connectivity index is 1.23. The number of nitrogens with one attached hydrogen (secondary N) is 2. The van der Waals surface area contributed by atoms with Gasteiger partial charge in [-0.05, 0) is 81.1 Å². The Kier molecular flexibility index (Phi) is 7.80. The van der Waals surface area contributed by atoms with E-state index in [1.54, 1.807) is 0 Å². The zero-order valence-corrected chi connectivity index (χ0v) is 19.3. The van der Waals surface area contributed by atoms with Crippen LogP contribution in [0.3, 0.4) is 0 Å². The van der Waals surface area contributed by atoms with Crippen LogP contribution in [0.4, 0.5) is 9.93 Å². The average molecular weight is 431 g/mol. The zero-order valence-electron chi connectivity index (χ0n) is 18.5. The predicted molar refractivity (Wildman–Crippen MR) is 125 cm³/mol. The van der Waals surface area contributed by atoms with Gasteiger partial charge >= 0.3 is 6.03 Å². The molecular weight excluding hydrogens is 392 g/mol. The summed E-state index contributed by atoms with van der Waals surface area (Å²) in [6, 6.07) is 0.166. The SMILES string of the molecule is CCCC(=CCCCC1CCC(C2CC2)C1)c1nnc(NC(=O)NC2CCCC2)s1. The van der Waals surface area contributed by atoms with Crippen molar-refractivity contribution in [2.24, 2.45) is 17.8 Å². The number of nitrogens with zero attached hydrogens (tertiary/aromatic N) is 2. The molecular formula is C24H38N4OS. The molecule has 3 aliphatic carbocycles. The van der Waals surface area contributed by atoms with Crippen molar-refractivity contribution < 1.29 is 4.79 Å². The third-order valence-electron chi connectivity index (χ3n) is 7.21. The molecule has 0 aromatic carbocycles. The average Bonchev–Trinajstić information content (AvgIpc) is 3.12. The second-order valence-corrected chi connectivity index (χ2v) is 10.7. The van der Waals surface area contributed by atoms with Crippen molar-refractivity contribution in [3.63, 3.8) is 0 Å². The first-order chi connectivity index (χ1) is 14.7. The molecule has 0 bridgehead atoms. The van der Waals surface area contributed by atoms with Gasteiger partial charge < -0.3 is 5.32 Å². The lowest BCUT2D eigenvalue weighted by molar-refractivity contribution is 0.248. The van der Waals surface area contributed by atoms with E-state index < -0.39 is 0 Å². The number of urea groups is 1. The summed E-state index contributed by atoms with van der Waals surface area (Å²) in [6.45, 7) is 2.21. The Morgan fingerprint density at radius 3 is 2.67 bits per heavy atom. The van der Waals surface area contributed by atoms with E-state index in [1.165, 1.54) is 74.7 Å². The predicted octanol–water partition coefficient (Wildman–Crippen LogP) is 6.78. The van der Waals surface area contributed by atoms with E-state index in [4.69, 9.17) is 0 Å². The highest BCUT2D eigenvalue weighted by Crippen LogP contribution is 2.47. The first-order valence-electron chi connectivity index (χ1n) is 12.3. The molecule has 166 valence electrons. The molecule has 30 heavy (non-hydrogen) atoms. The minimum Gasteiger partial charge on any atom is -0.335 e. The second kappa shape index (κ2) is 10.7. The molecule has 2 amide bonds. The minimum absolute atomic E-state index is 0.147. The van der Waals surface area contributed by atoms with Crippen molar-refractivity contribution in [1.82, 2.24) is 15.5 Å². The highest BCUT2D eigenvalue weighted by molar-refractivity contribution is 7.16. The Labute approximate surface area is 185 Å². The number of amides is 2. The summed E-state index contributed by atoms with van der Waals surface area (Å²) in [5, 5.41) is 16.1. The second-order valence-electron chi connectivity index (χ2n) is 9.68. The quantitative estimate of drug-likeness (QED) is 0.402. The van der Waals surface area contributed by atoms with Crippen molar-refractivity contribution >= 4 is 28.1 Å². The number of hydrogen-bond donors (Lipinski definition) is 2. The number of carbonyl (C=O) groups excluding carboxylic acids is 1. The number of carbonyl (C=O) groups is 1. The zero-order chi connectivity index (χ0) is 20.8. The maximum atomic E-state index is 12.2. The number of aromatic nitrogens is 2.